The molecule has 0 spiro atoms. The molecule has 8 heteroatoms. The zero-order valence-corrected chi connectivity index (χ0v) is 13.4. The third-order valence-electron chi connectivity index (χ3n) is 2.85. The second kappa shape index (κ2) is 6.89. The van der Waals surface area contributed by atoms with Gasteiger partial charge in [-0.2, -0.15) is 5.26 Å². The molecular weight excluding hydrogens is 368 g/mol. The molecule has 116 valence electrons. The molecule has 0 aliphatic carbocycles. The molecule has 7 nitrogen and oxygen atoms in total. The van der Waals surface area contributed by atoms with Gasteiger partial charge < -0.3 is 9.47 Å². The zero-order valence-electron chi connectivity index (χ0n) is 11.8. The van der Waals surface area contributed by atoms with Gasteiger partial charge >= 0.3 is 11.7 Å². The second-order valence-electron chi connectivity index (χ2n) is 4.29. The van der Waals surface area contributed by atoms with Crippen molar-refractivity contribution < 1.29 is 19.2 Å². The molecule has 0 radical (unpaired) electrons. The summed E-state index contributed by atoms with van der Waals surface area (Å²) in [5.41, 5.74) is -0.128. The molecule has 0 unspecified atom stereocenters. The molecule has 0 bridgehead atoms. The van der Waals surface area contributed by atoms with Crippen molar-refractivity contribution in [2.45, 2.75) is 0 Å². The number of nitriles is 1. The Hall–Kier alpha value is -2.92. The lowest BCUT2D eigenvalue weighted by atomic mass is 10.2. The fourth-order valence-corrected chi connectivity index (χ4v) is 2.16. The van der Waals surface area contributed by atoms with Gasteiger partial charge in [0.1, 0.15) is 11.3 Å². The van der Waals surface area contributed by atoms with E-state index in [0.29, 0.717) is 4.47 Å². The second-order valence-corrected chi connectivity index (χ2v) is 5.20. The molecule has 2 rings (SSSR count). The van der Waals surface area contributed by atoms with Crippen LogP contribution < -0.4 is 4.74 Å². The number of hydrogen-bond acceptors (Lipinski definition) is 6. The molecule has 0 fully saturated rings. The van der Waals surface area contributed by atoms with Crippen LogP contribution in [0.15, 0.2) is 40.9 Å². The van der Waals surface area contributed by atoms with Gasteiger partial charge in [-0.05, 0) is 30.3 Å². The van der Waals surface area contributed by atoms with E-state index in [9.17, 15) is 14.9 Å². The SMILES string of the molecule is COC(=O)c1cc(Br)ccc1Oc1ccc(C#N)cc1[N+](=O)[O-]. The Morgan fingerprint density at radius 2 is 1.96 bits per heavy atom. The number of esters is 1. The first-order valence-corrected chi connectivity index (χ1v) is 7.00. The van der Waals surface area contributed by atoms with E-state index in [1.165, 1.54) is 31.4 Å². The van der Waals surface area contributed by atoms with Crippen molar-refractivity contribution in [2.24, 2.45) is 0 Å². The van der Waals surface area contributed by atoms with Crippen molar-refractivity contribution >= 4 is 27.6 Å². The maximum Gasteiger partial charge on any atom is 0.341 e. The van der Waals surface area contributed by atoms with E-state index in [4.69, 9.17) is 10.00 Å². The molecule has 23 heavy (non-hydrogen) atoms. The molecule has 0 saturated heterocycles. The van der Waals surface area contributed by atoms with Crippen molar-refractivity contribution in [3.05, 3.63) is 62.1 Å². The van der Waals surface area contributed by atoms with E-state index < -0.39 is 10.9 Å². The van der Waals surface area contributed by atoms with E-state index >= 15 is 0 Å². The van der Waals surface area contributed by atoms with Crippen LogP contribution in [-0.2, 0) is 4.74 Å². The van der Waals surface area contributed by atoms with Crippen molar-refractivity contribution in [1.29, 1.82) is 5.26 Å². The molecule has 0 aliphatic heterocycles. The molecule has 0 saturated carbocycles. The lowest BCUT2D eigenvalue weighted by Gasteiger charge is -2.10. The van der Waals surface area contributed by atoms with Crippen LogP contribution in [-0.4, -0.2) is 18.0 Å². The summed E-state index contributed by atoms with van der Waals surface area (Å²) in [5, 5.41) is 20.0. The highest BCUT2D eigenvalue weighted by Crippen LogP contribution is 2.34. The highest BCUT2D eigenvalue weighted by Gasteiger charge is 2.20. The topological polar surface area (TPSA) is 102 Å². The summed E-state index contributed by atoms with van der Waals surface area (Å²) in [7, 11) is 1.22. The van der Waals surface area contributed by atoms with E-state index in [1.54, 1.807) is 6.07 Å². The van der Waals surface area contributed by atoms with Gasteiger partial charge in [-0.25, -0.2) is 4.79 Å². The molecular formula is C15H9BrN2O5. The summed E-state index contributed by atoms with van der Waals surface area (Å²) in [6.45, 7) is 0. The quantitative estimate of drug-likeness (QED) is 0.456. The van der Waals surface area contributed by atoms with Crippen molar-refractivity contribution in [2.75, 3.05) is 7.11 Å². The monoisotopic (exact) mass is 376 g/mol. The number of nitrogens with zero attached hydrogens (tertiary/aromatic N) is 2. The van der Waals surface area contributed by atoms with E-state index in [-0.39, 0.29) is 28.3 Å². The van der Waals surface area contributed by atoms with Gasteiger partial charge in [0.25, 0.3) is 0 Å². The fourth-order valence-electron chi connectivity index (χ4n) is 1.80. The number of nitro groups is 1. The van der Waals surface area contributed by atoms with Crippen molar-refractivity contribution in [3.63, 3.8) is 0 Å². The lowest BCUT2D eigenvalue weighted by Crippen LogP contribution is -2.04. The number of ether oxygens (including phenoxy) is 2. The fraction of sp³-hybridized carbons (Fsp3) is 0.0667. The lowest BCUT2D eigenvalue weighted by molar-refractivity contribution is -0.385. The Bertz CT molecular complexity index is 829. The number of nitro benzene ring substituents is 1. The highest BCUT2D eigenvalue weighted by molar-refractivity contribution is 9.10. The third kappa shape index (κ3) is 3.64. The van der Waals surface area contributed by atoms with Crippen LogP contribution in [0.25, 0.3) is 0 Å². The number of halogens is 1. The number of benzene rings is 2. The molecule has 2 aromatic carbocycles. The normalized spacial score (nSPS) is 9.78. The first-order chi connectivity index (χ1) is 11.0. The van der Waals surface area contributed by atoms with Crippen LogP contribution in [0, 0.1) is 21.4 Å². The number of carbonyl (C=O) groups is 1. The van der Waals surface area contributed by atoms with Crippen LogP contribution in [0.2, 0.25) is 0 Å². The minimum Gasteiger partial charge on any atom is -0.465 e. The largest absolute Gasteiger partial charge is 0.465 e. The minimum atomic E-state index is -0.660. The molecule has 0 atom stereocenters. The van der Waals surface area contributed by atoms with Crippen LogP contribution >= 0.6 is 15.9 Å². The van der Waals surface area contributed by atoms with Crippen LogP contribution in [0.4, 0.5) is 5.69 Å². The average Bonchev–Trinajstić information content (AvgIpc) is 2.55. The predicted molar refractivity (Wildman–Crippen MR) is 83.4 cm³/mol. The van der Waals surface area contributed by atoms with Crippen LogP contribution in [0.3, 0.4) is 0 Å². The summed E-state index contributed by atoms with van der Waals surface area (Å²) < 4.78 is 10.8. The van der Waals surface area contributed by atoms with E-state index in [1.807, 2.05) is 6.07 Å². The first kappa shape index (κ1) is 16.5. The Morgan fingerprint density at radius 1 is 1.26 bits per heavy atom. The predicted octanol–water partition coefficient (Wildman–Crippen LogP) is 3.81. The van der Waals surface area contributed by atoms with Gasteiger partial charge in [-0.15, -0.1) is 0 Å². The standard InChI is InChI=1S/C15H9BrN2O5/c1-22-15(19)11-7-10(16)3-5-13(11)23-14-4-2-9(8-17)6-12(14)18(20)21/h2-7H,1H3. The van der Waals surface area contributed by atoms with E-state index in [0.717, 1.165) is 6.07 Å². The summed E-state index contributed by atoms with van der Waals surface area (Å²) in [6.07, 6.45) is 0. The van der Waals surface area contributed by atoms with Crippen molar-refractivity contribution in [1.82, 2.24) is 0 Å². The van der Waals surface area contributed by atoms with Gasteiger partial charge in [0.2, 0.25) is 5.75 Å². The minimum absolute atomic E-state index is 0.0820. The first-order valence-electron chi connectivity index (χ1n) is 6.20. The van der Waals surface area contributed by atoms with Crippen LogP contribution in [0.5, 0.6) is 11.5 Å². The molecule has 0 N–H and O–H groups in total. The number of methoxy groups -OCH3 is 1. The smallest absolute Gasteiger partial charge is 0.341 e. The zero-order chi connectivity index (χ0) is 17.0. The summed E-state index contributed by atoms with van der Waals surface area (Å²) >= 11 is 3.23. The summed E-state index contributed by atoms with van der Waals surface area (Å²) in [4.78, 5) is 22.3. The molecule has 0 heterocycles. The Morgan fingerprint density at radius 3 is 2.57 bits per heavy atom. The Balaban J connectivity index is 2.50. The number of carbonyl (C=O) groups excluding carboxylic acids is 1. The maximum atomic E-state index is 11.8. The number of hydrogen-bond donors (Lipinski definition) is 0. The molecule has 0 amide bonds. The van der Waals surface area contributed by atoms with Gasteiger partial charge in [0.15, 0.2) is 0 Å². The van der Waals surface area contributed by atoms with Gasteiger partial charge in [0.05, 0.1) is 23.7 Å². The van der Waals surface area contributed by atoms with Gasteiger partial charge in [-0.3, -0.25) is 10.1 Å². The van der Waals surface area contributed by atoms with Gasteiger partial charge in [-0.1, -0.05) is 15.9 Å². The molecule has 0 aromatic heterocycles. The maximum absolute atomic E-state index is 11.8. The Labute approximate surface area is 139 Å². The van der Waals surface area contributed by atoms with E-state index in [2.05, 4.69) is 20.7 Å². The molecule has 2 aromatic rings. The summed E-state index contributed by atoms with van der Waals surface area (Å²) in [5.74, 6) is -0.619. The highest BCUT2D eigenvalue weighted by atomic mass is 79.9. The summed E-state index contributed by atoms with van der Waals surface area (Å²) in [6, 6.07) is 10.2. The van der Waals surface area contributed by atoms with Gasteiger partial charge in [0, 0.05) is 10.5 Å². The Kier molecular flexibility index (Phi) is 4.93. The average molecular weight is 377 g/mol. The third-order valence-corrected chi connectivity index (χ3v) is 3.34. The van der Waals surface area contributed by atoms with Crippen LogP contribution in [0.1, 0.15) is 15.9 Å². The van der Waals surface area contributed by atoms with Crippen molar-refractivity contribution in [3.8, 4) is 17.6 Å². The number of rotatable bonds is 4. The molecule has 0 aliphatic rings.